The molecule has 0 saturated heterocycles. The maximum Gasteiger partial charge on any atom is 0.297 e. The van der Waals surface area contributed by atoms with Gasteiger partial charge in [0.05, 0.1) is 7.05 Å². The van der Waals surface area contributed by atoms with E-state index in [4.69, 9.17) is 4.42 Å². The lowest BCUT2D eigenvalue weighted by atomic mass is 9.97. The molecular weight excluding hydrogens is 657 g/mol. The summed E-state index contributed by atoms with van der Waals surface area (Å²) in [5, 5.41) is 4.59. The first-order chi connectivity index (χ1) is 26.6. The molecule has 256 valence electrons. The van der Waals surface area contributed by atoms with E-state index in [1.54, 1.807) is 0 Å². The highest BCUT2D eigenvalue weighted by molar-refractivity contribution is 6.17. The second-order valence-corrected chi connectivity index (χ2v) is 14.1. The van der Waals surface area contributed by atoms with E-state index >= 15 is 0 Å². The minimum atomic E-state index is 0.917. The Morgan fingerprint density at radius 1 is 0.426 bits per heavy atom. The minimum Gasteiger partial charge on any atom is -0.454 e. The van der Waals surface area contributed by atoms with Gasteiger partial charge in [0.1, 0.15) is 29.2 Å². The first-order valence-corrected chi connectivity index (χ1v) is 18.5. The van der Waals surface area contributed by atoms with Gasteiger partial charge < -0.3 is 4.42 Å². The van der Waals surface area contributed by atoms with Gasteiger partial charge in [-0.05, 0) is 80.6 Å². The van der Waals surface area contributed by atoms with Crippen molar-refractivity contribution in [3.05, 3.63) is 194 Å². The van der Waals surface area contributed by atoms with Gasteiger partial charge in [0.25, 0.3) is 5.82 Å². The van der Waals surface area contributed by atoms with Crippen LogP contribution in [-0.2, 0) is 7.05 Å². The summed E-state index contributed by atoms with van der Waals surface area (Å²) in [5.41, 5.74) is 14.9. The monoisotopic (exact) mass is 693 g/mol. The fourth-order valence-corrected chi connectivity index (χ4v) is 7.94. The molecule has 0 bridgehead atoms. The fraction of sp³-hybridized carbons (Fsp3) is 0.0392. The van der Waals surface area contributed by atoms with E-state index in [0.717, 1.165) is 44.4 Å². The van der Waals surface area contributed by atoms with E-state index in [9.17, 15) is 0 Å². The summed E-state index contributed by atoms with van der Waals surface area (Å²) in [5.74, 6) is 1.08. The van der Waals surface area contributed by atoms with Gasteiger partial charge in [-0.2, -0.15) is 4.57 Å². The quantitative estimate of drug-likeness (QED) is 0.159. The van der Waals surface area contributed by atoms with Crippen molar-refractivity contribution in [3.8, 4) is 61.6 Å². The summed E-state index contributed by atoms with van der Waals surface area (Å²) < 4.78 is 11.2. The van der Waals surface area contributed by atoms with Crippen molar-refractivity contribution >= 4 is 32.7 Å². The van der Waals surface area contributed by atoms with Crippen molar-refractivity contribution in [2.75, 3.05) is 0 Å². The maximum atomic E-state index is 6.78. The first kappa shape index (κ1) is 31.7. The highest BCUT2D eigenvalue weighted by Crippen LogP contribution is 2.40. The molecule has 0 aliphatic rings. The minimum absolute atomic E-state index is 0.917. The molecule has 0 N–H and O–H groups in total. The van der Waals surface area contributed by atoms with Crippen LogP contribution in [0.1, 0.15) is 5.56 Å². The summed E-state index contributed by atoms with van der Waals surface area (Å²) in [6.07, 6.45) is 4.26. The van der Waals surface area contributed by atoms with E-state index in [1.165, 1.54) is 55.5 Å². The van der Waals surface area contributed by atoms with Crippen LogP contribution < -0.4 is 4.57 Å². The van der Waals surface area contributed by atoms with Gasteiger partial charge in [-0.3, -0.25) is 0 Å². The molecule has 10 rings (SSSR count). The van der Waals surface area contributed by atoms with Crippen LogP contribution >= 0.6 is 0 Å². The third-order valence-electron chi connectivity index (χ3n) is 10.9. The number of furan rings is 1. The average Bonchev–Trinajstić information content (AvgIpc) is 3.82. The molecule has 0 fully saturated rings. The highest BCUT2D eigenvalue weighted by atomic mass is 16.3. The topological polar surface area (TPSA) is 21.9 Å². The molecule has 0 aliphatic heterocycles. The Balaban J connectivity index is 0.917. The first-order valence-electron chi connectivity index (χ1n) is 18.5. The summed E-state index contributed by atoms with van der Waals surface area (Å²) in [7, 11) is 2.11. The number of hydrogen-bond acceptors (Lipinski definition) is 1. The maximum absolute atomic E-state index is 6.78. The number of benzene rings is 8. The zero-order chi connectivity index (χ0) is 36.2. The summed E-state index contributed by atoms with van der Waals surface area (Å²) in [6, 6.07) is 63.2. The number of hydrogen-bond donors (Lipinski definition) is 0. The standard InChI is InChI=1S/C51H37N2O/c1-34-12-30-47-46-31-27-43-10-6-7-11-45(43)49(46)54-50(47)48(34)51-52(2)32-33-53(51)44-28-25-42(26-29-44)41-23-21-40(22-24-41)39-19-17-38(18-20-39)37-15-13-36(14-16-37)35-8-4-3-5-9-35/h3-33H,1-2H3/q+1. The smallest absolute Gasteiger partial charge is 0.297 e. The SMILES string of the molecule is Cc1ccc2c(oc3c4ccccc4ccc23)c1-c1n(-c2ccc(-c3ccc(-c4ccc(-c5ccc(-c6ccccc6)cc5)cc4)cc3)cc2)cc[n+]1C. The Bertz CT molecular complexity index is 2950. The number of rotatable bonds is 6. The van der Waals surface area contributed by atoms with E-state index in [-0.39, 0.29) is 0 Å². The zero-order valence-corrected chi connectivity index (χ0v) is 30.2. The Kier molecular flexibility index (Phi) is 7.59. The number of aromatic nitrogens is 2. The molecule has 3 heteroatoms. The Hall–Kier alpha value is -6.97. The van der Waals surface area contributed by atoms with Gasteiger partial charge in [-0.15, -0.1) is 0 Å². The number of imidazole rings is 1. The highest BCUT2D eigenvalue weighted by Gasteiger charge is 2.26. The van der Waals surface area contributed by atoms with Gasteiger partial charge in [-0.25, -0.2) is 4.57 Å². The van der Waals surface area contributed by atoms with Crippen LogP contribution in [-0.4, -0.2) is 4.57 Å². The second kappa shape index (κ2) is 12.9. The van der Waals surface area contributed by atoms with Gasteiger partial charge in [-0.1, -0.05) is 158 Å². The van der Waals surface area contributed by atoms with Gasteiger partial charge in [0.2, 0.25) is 0 Å². The van der Waals surface area contributed by atoms with E-state index in [2.05, 4.69) is 211 Å². The van der Waals surface area contributed by atoms with E-state index in [1.807, 2.05) is 0 Å². The average molecular weight is 694 g/mol. The molecule has 2 aromatic heterocycles. The van der Waals surface area contributed by atoms with Crippen molar-refractivity contribution in [2.45, 2.75) is 6.92 Å². The molecule has 10 aromatic rings. The van der Waals surface area contributed by atoms with Crippen LogP contribution in [0.4, 0.5) is 0 Å². The number of aryl methyl sites for hydroxylation is 2. The Labute approximate surface area is 314 Å². The van der Waals surface area contributed by atoms with Gasteiger partial charge >= 0.3 is 0 Å². The van der Waals surface area contributed by atoms with Crippen LogP contribution in [0, 0.1) is 6.92 Å². The summed E-state index contributed by atoms with van der Waals surface area (Å²) in [4.78, 5) is 0. The largest absolute Gasteiger partial charge is 0.454 e. The summed E-state index contributed by atoms with van der Waals surface area (Å²) >= 11 is 0. The van der Waals surface area contributed by atoms with Crippen molar-refractivity contribution in [2.24, 2.45) is 7.05 Å². The molecule has 0 unspecified atom stereocenters. The van der Waals surface area contributed by atoms with Crippen LogP contribution in [0.25, 0.3) is 94.3 Å². The van der Waals surface area contributed by atoms with E-state index < -0.39 is 0 Å². The van der Waals surface area contributed by atoms with Crippen molar-refractivity contribution in [1.29, 1.82) is 0 Å². The van der Waals surface area contributed by atoms with Gasteiger partial charge in [0, 0.05) is 16.2 Å². The Morgan fingerprint density at radius 2 is 0.889 bits per heavy atom. The summed E-state index contributed by atoms with van der Waals surface area (Å²) in [6.45, 7) is 2.17. The lowest BCUT2D eigenvalue weighted by molar-refractivity contribution is -0.659. The molecule has 0 radical (unpaired) electrons. The van der Waals surface area contributed by atoms with Crippen molar-refractivity contribution in [3.63, 3.8) is 0 Å². The van der Waals surface area contributed by atoms with Crippen LogP contribution in [0.5, 0.6) is 0 Å². The molecule has 0 saturated carbocycles. The fourth-order valence-electron chi connectivity index (χ4n) is 7.94. The molecule has 54 heavy (non-hydrogen) atoms. The third kappa shape index (κ3) is 5.41. The number of fused-ring (bicyclic) bond motifs is 5. The number of nitrogens with zero attached hydrogens (tertiary/aromatic N) is 2. The molecule has 2 heterocycles. The Morgan fingerprint density at radius 3 is 1.46 bits per heavy atom. The van der Waals surface area contributed by atoms with Gasteiger partial charge in [0.15, 0.2) is 5.58 Å². The molecule has 0 aliphatic carbocycles. The van der Waals surface area contributed by atoms with Crippen molar-refractivity contribution in [1.82, 2.24) is 4.57 Å². The molecule has 0 spiro atoms. The molecule has 0 amide bonds. The molecule has 8 aromatic carbocycles. The van der Waals surface area contributed by atoms with Crippen LogP contribution in [0.2, 0.25) is 0 Å². The second-order valence-electron chi connectivity index (χ2n) is 14.1. The zero-order valence-electron chi connectivity index (χ0n) is 30.2. The van der Waals surface area contributed by atoms with E-state index in [0.29, 0.717) is 0 Å². The van der Waals surface area contributed by atoms with Crippen LogP contribution in [0.15, 0.2) is 193 Å². The predicted molar refractivity (Wildman–Crippen MR) is 224 cm³/mol. The predicted octanol–water partition coefficient (Wildman–Crippen LogP) is 13.0. The molecular formula is C51H37N2O+. The molecule has 0 atom stereocenters. The lowest BCUT2D eigenvalue weighted by Gasteiger charge is -2.09. The third-order valence-corrected chi connectivity index (χ3v) is 10.9. The lowest BCUT2D eigenvalue weighted by Crippen LogP contribution is -2.29. The van der Waals surface area contributed by atoms with Crippen molar-refractivity contribution < 1.29 is 8.98 Å². The normalized spacial score (nSPS) is 11.5. The molecule has 3 nitrogen and oxygen atoms in total. The van der Waals surface area contributed by atoms with Crippen LogP contribution in [0.3, 0.4) is 0 Å².